The lowest BCUT2D eigenvalue weighted by Crippen LogP contribution is -2.24. The van der Waals surface area contributed by atoms with Crippen LogP contribution >= 0.6 is 0 Å². The Hall–Kier alpha value is -4.19. The second kappa shape index (κ2) is 9.34. The van der Waals surface area contributed by atoms with Gasteiger partial charge in [-0.25, -0.2) is 9.97 Å². The normalized spacial score (nSPS) is 10.3. The van der Waals surface area contributed by atoms with Crippen LogP contribution in [0.3, 0.4) is 0 Å². The molecule has 1 amide bonds. The molecule has 0 bridgehead atoms. The van der Waals surface area contributed by atoms with Crippen LogP contribution in [0.4, 0.5) is 11.5 Å². The SMILES string of the molecule is O=C(NCc1ccccc1)c1cc(Nc2ccccc2Oc2ccccc2)ncn1. The molecule has 4 aromatic rings. The molecule has 0 saturated heterocycles. The molecule has 3 aromatic carbocycles. The van der Waals surface area contributed by atoms with E-state index in [2.05, 4.69) is 20.6 Å². The molecule has 1 heterocycles. The van der Waals surface area contributed by atoms with Gasteiger partial charge in [-0.3, -0.25) is 4.79 Å². The minimum Gasteiger partial charge on any atom is -0.455 e. The van der Waals surface area contributed by atoms with Crippen molar-refractivity contribution in [3.8, 4) is 11.5 Å². The van der Waals surface area contributed by atoms with Crippen molar-refractivity contribution >= 4 is 17.4 Å². The van der Waals surface area contributed by atoms with Crippen molar-refractivity contribution in [2.45, 2.75) is 6.54 Å². The highest BCUT2D eigenvalue weighted by Gasteiger charge is 2.10. The number of nitrogens with one attached hydrogen (secondary N) is 2. The molecule has 30 heavy (non-hydrogen) atoms. The highest BCUT2D eigenvalue weighted by atomic mass is 16.5. The van der Waals surface area contributed by atoms with Crippen LogP contribution in [0.15, 0.2) is 97.3 Å². The largest absolute Gasteiger partial charge is 0.455 e. The Labute approximate surface area is 174 Å². The number of rotatable bonds is 7. The summed E-state index contributed by atoms with van der Waals surface area (Å²) in [5.41, 5.74) is 2.03. The molecule has 148 valence electrons. The first-order valence-electron chi connectivity index (χ1n) is 9.51. The number of aromatic nitrogens is 2. The molecule has 0 fully saturated rings. The average Bonchev–Trinajstić information content (AvgIpc) is 2.80. The fourth-order valence-corrected chi connectivity index (χ4v) is 2.83. The summed E-state index contributed by atoms with van der Waals surface area (Å²) >= 11 is 0. The van der Waals surface area contributed by atoms with Gasteiger partial charge in [-0.05, 0) is 29.8 Å². The number of hydrogen-bond donors (Lipinski definition) is 2. The van der Waals surface area contributed by atoms with Gasteiger partial charge >= 0.3 is 0 Å². The van der Waals surface area contributed by atoms with Gasteiger partial charge in [-0.1, -0.05) is 60.7 Å². The maximum Gasteiger partial charge on any atom is 0.270 e. The third-order valence-electron chi connectivity index (χ3n) is 4.32. The highest BCUT2D eigenvalue weighted by Crippen LogP contribution is 2.30. The van der Waals surface area contributed by atoms with Crippen LogP contribution in [0.5, 0.6) is 11.5 Å². The van der Waals surface area contributed by atoms with Crippen molar-refractivity contribution in [2.24, 2.45) is 0 Å². The molecule has 0 saturated carbocycles. The maximum atomic E-state index is 12.5. The summed E-state index contributed by atoms with van der Waals surface area (Å²) in [6.45, 7) is 0.431. The predicted octanol–water partition coefficient (Wildman–Crippen LogP) is 4.94. The predicted molar refractivity (Wildman–Crippen MR) is 116 cm³/mol. The van der Waals surface area contributed by atoms with Crippen molar-refractivity contribution in [3.63, 3.8) is 0 Å². The smallest absolute Gasteiger partial charge is 0.270 e. The van der Waals surface area contributed by atoms with Gasteiger partial charge < -0.3 is 15.4 Å². The minimum atomic E-state index is -0.266. The molecular formula is C24H20N4O2. The summed E-state index contributed by atoms with van der Waals surface area (Å²) < 4.78 is 5.96. The van der Waals surface area contributed by atoms with Crippen LogP contribution in [0.2, 0.25) is 0 Å². The number of carbonyl (C=O) groups is 1. The maximum absolute atomic E-state index is 12.5. The highest BCUT2D eigenvalue weighted by molar-refractivity contribution is 5.93. The van der Waals surface area contributed by atoms with Gasteiger partial charge in [-0.2, -0.15) is 0 Å². The molecular weight excluding hydrogens is 376 g/mol. The van der Waals surface area contributed by atoms with Gasteiger partial charge in [0.2, 0.25) is 0 Å². The topological polar surface area (TPSA) is 76.1 Å². The van der Waals surface area contributed by atoms with E-state index in [1.54, 1.807) is 6.07 Å². The number of amides is 1. The van der Waals surface area contributed by atoms with E-state index < -0.39 is 0 Å². The number of anilines is 2. The van der Waals surface area contributed by atoms with Crippen molar-refractivity contribution in [1.82, 2.24) is 15.3 Å². The quantitative estimate of drug-likeness (QED) is 0.463. The molecule has 0 radical (unpaired) electrons. The zero-order valence-electron chi connectivity index (χ0n) is 16.2. The Morgan fingerprint density at radius 1 is 0.833 bits per heavy atom. The van der Waals surface area contributed by atoms with Gasteiger partial charge in [-0.15, -0.1) is 0 Å². The third kappa shape index (κ3) is 4.99. The van der Waals surface area contributed by atoms with Crippen LogP contribution in [0.25, 0.3) is 0 Å². The van der Waals surface area contributed by atoms with E-state index in [9.17, 15) is 4.79 Å². The van der Waals surface area contributed by atoms with Gasteiger partial charge in [0.25, 0.3) is 5.91 Å². The summed E-state index contributed by atoms with van der Waals surface area (Å²) in [6, 6.07) is 28.4. The minimum absolute atomic E-state index is 0.266. The molecule has 0 aliphatic carbocycles. The van der Waals surface area contributed by atoms with E-state index in [0.29, 0.717) is 18.1 Å². The summed E-state index contributed by atoms with van der Waals surface area (Å²) in [5.74, 6) is 1.62. The molecule has 6 heteroatoms. The summed E-state index contributed by atoms with van der Waals surface area (Å²) in [6.07, 6.45) is 1.36. The van der Waals surface area contributed by atoms with Crippen molar-refractivity contribution in [2.75, 3.05) is 5.32 Å². The van der Waals surface area contributed by atoms with Gasteiger partial charge in [0.15, 0.2) is 5.75 Å². The Kier molecular flexibility index (Phi) is 5.96. The van der Waals surface area contributed by atoms with E-state index in [0.717, 1.165) is 17.0 Å². The zero-order valence-corrected chi connectivity index (χ0v) is 16.2. The van der Waals surface area contributed by atoms with E-state index in [1.165, 1.54) is 6.33 Å². The lowest BCUT2D eigenvalue weighted by atomic mass is 10.2. The molecule has 1 aromatic heterocycles. The van der Waals surface area contributed by atoms with Gasteiger partial charge in [0.1, 0.15) is 23.6 Å². The van der Waals surface area contributed by atoms with E-state index >= 15 is 0 Å². The lowest BCUT2D eigenvalue weighted by Gasteiger charge is -2.13. The first-order valence-corrected chi connectivity index (χ1v) is 9.51. The van der Waals surface area contributed by atoms with Gasteiger partial charge in [0, 0.05) is 12.6 Å². The number of nitrogens with zero attached hydrogens (tertiary/aromatic N) is 2. The summed E-state index contributed by atoms with van der Waals surface area (Å²) in [4.78, 5) is 20.8. The molecule has 0 aliphatic heterocycles. The standard InChI is InChI=1S/C24H20N4O2/c29-24(25-16-18-9-3-1-4-10-18)21-15-23(27-17-26-21)28-20-13-7-8-14-22(20)30-19-11-5-2-6-12-19/h1-15,17H,16H2,(H,25,29)(H,26,27,28). The first kappa shape index (κ1) is 19.1. The fourth-order valence-electron chi connectivity index (χ4n) is 2.83. The lowest BCUT2D eigenvalue weighted by molar-refractivity contribution is 0.0946. The molecule has 6 nitrogen and oxygen atoms in total. The third-order valence-corrected chi connectivity index (χ3v) is 4.32. The van der Waals surface area contributed by atoms with Crippen molar-refractivity contribution < 1.29 is 9.53 Å². The van der Waals surface area contributed by atoms with Crippen LogP contribution in [-0.4, -0.2) is 15.9 Å². The number of carbonyl (C=O) groups excluding carboxylic acids is 1. The molecule has 0 atom stereocenters. The Balaban J connectivity index is 1.46. The second-order valence-electron chi connectivity index (χ2n) is 6.49. The summed E-state index contributed by atoms with van der Waals surface area (Å²) in [7, 11) is 0. The fraction of sp³-hybridized carbons (Fsp3) is 0.0417. The van der Waals surface area contributed by atoms with Crippen LogP contribution in [0, 0.1) is 0 Å². The molecule has 0 unspecified atom stereocenters. The zero-order chi connectivity index (χ0) is 20.6. The first-order chi connectivity index (χ1) is 14.8. The number of para-hydroxylation sites is 3. The number of hydrogen-bond acceptors (Lipinski definition) is 5. The van der Waals surface area contributed by atoms with Crippen LogP contribution in [-0.2, 0) is 6.54 Å². The summed E-state index contributed by atoms with van der Waals surface area (Å²) in [5, 5.41) is 6.07. The Morgan fingerprint density at radius 2 is 1.53 bits per heavy atom. The molecule has 4 rings (SSSR count). The Bertz CT molecular complexity index is 1120. The molecule has 0 aliphatic rings. The van der Waals surface area contributed by atoms with Crippen LogP contribution in [0.1, 0.15) is 16.1 Å². The molecule has 0 spiro atoms. The number of benzene rings is 3. The van der Waals surface area contributed by atoms with Crippen molar-refractivity contribution in [3.05, 3.63) is 109 Å². The van der Waals surface area contributed by atoms with Gasteiger partial charge in [0.05, 0.1) is 5.69 Å². The number of ether oxygens (including phenoxy) is 1. The van der Waals surface area contributed by atoms with Crippen LogP contribution < -0.4 is 15.4 Å². The van der Waals surface area contributed by atoms with E-state index in [1.807, 2.05) is 84.9 Å². The average molecular weight is 396 g/mol. The van der Waals surface area contributed by atoms with E-state index in [-0.39, 0.29) is 11.6 Å². The van der Waals surface area contributed by atoms with Crippen molar-refractivity contribution in [1.29, 1.82) is 0 Å². The molecule has 2 N–H and O–H groups in total. The Morgan fingerprint density at radius 3 is 2.33 bits per heavy atom. The van der Waals surface area contributed by atoms with E-state index in [4.69, 9.17) is 4.74 Å². The monoisotopic (exact) mass is 396 g/mol. The second-order valence-corrected chi connectivity index (χ2v) is 6.49.